The van der Waals surface area contributed by atoms with Gasteiger partial charge in [0.1, 0.15) is 5.82 Å². The van der Waals surface area contributed by atoms with Crippen LogP contribution in [-0.2, 0) is 0 Å². The normalized spacial score (nSPS) is 10.9. The molecular weight excluding hydrogens is 290 g/mol. The molecule has 3 rings (SSSR count). The largest absolute Gasteiger partial charge is 0.338 e. The number of aromatic nitrogens is 2. The van der Waals surface area contributed by atoms with E-state index in [-0.39, 0.29) is 10.8 Å². The van der Waals surface area contributed by atoms with Crippen molar-refractivity contribution in [3.8, 4) is 11.4 Å². The third-order valence-electron chi connectivity index (χ3n) is 3.16. The number of thiophene rings is 1. The molecule has 0 aliphatic heterocycles. The molecule has 2 heterocycles. The van der Waals surface area contributed by atoms with E-state index in [4.69, 9.17) is 0 Å². The minimum absolute atomic E-state index is 0.0687. The number of H-pyrrole nitrogens is 1. The van der Waals surface area contributed by atoms with Crippen LogP contribution in [0.15, 0.2) is 29.6 Å². The molecule has 6 nitrogen and oxygen atoms in total. The van der Waals surface area contributed by atoms with E-state index in [1.54, 1.807) is 23.6 Å². The molecule has 0 aliphatic carbocycles. The van der Waals surface area contributed by atoms with Gasteiger partial charge >= 0.3 is 5.00 Å². The summed E-state index contributed by atoms with van der Waals surface area (Å²) in [5, 5.41) is 12.5. The number of ketones is 1. The monoisotopic (exact) mass is 301 g/mol. The van der Waals surface area contributed by atoms with E-state index in [2.05, 4.69) is 9.97 Å². The molecule has 2 aromatic heterocycles. The summed E-state index contributed by atoms with van der Waals surface area (Å²) in [6.07, 6.45) is 0.448. The summed E-state index contributed by atoms with van der Waals surface area (Å²) in [6.45, 7) is 1.81. The molecule has 1 aromatic carbocycles. The van der Waals surface area contributed by atoms with E-state index < -0.39 is 4.92 Å². The number of carbonyl (C=O) groups excluding carboxylic acids is 1. The molecule has 3 aromatic rings. The lowest BCUT2D eigenvalue weighted by atomic mass is 10.1. The maximum Gasteiger partial charge on any atom is 0.324 e. The van der Waals surface area contributed by atoms with E-state index >= 15 is 0 Å². The predicted molar refractivity (Wildman–Crippen MR) is 80.7 cm³/mol. The van der Waals surface area contributed by atoms with Gasteiger partial charge in [-0.25, -0.2) is 4.98 Å². The number of carbonyl (C=O) groups is 1. The zero-order valence-corrected chi connectivity index (χ0v) is 11.9. The first-order valence-electron chi connectivity index (χ1n) is 6.34. The summed E-state index contributed by atoms with van der Waals surface area (Å²) in [5.41, 5.74) is 2.78. The molecule has 0 radical (unpaired) electrons. The number of hydrogen-bond acceptors (Lipinski definition) is 5. The Morgan fingerprint density at radius 1 is 1.43 bits per heavy atom. The van der Waals surface area contributed by atoms with Gasteiger partial charge in [0.15, 0.2) is 5.78 Å². The number of hydrogen-bond donors (Lipinski definition) is 1. The van der Waals surface area contributed by atoms with Crippen LogP contribution >= 0.6 is 11.3 Å². The van der Waals surface area contributed by atoms with Gasteiger partial charge in [-0.3, -0.25) is 14.9 Å². The molecule has 0 saturated heterocycles. The quantitative estimate of drug-likeness (QED) is 0.451. The Balaban J connectivity index is 2.03. The highest BCUT2D eigenvalue weighted by Crippen LogP contribution is 2.30. The molecule has 0 spiro atoms. The lowest BCUT2D eigenvalue weighted by molar-refractivity contribution is -0.380. The van der Waals surface area contributed by atoms with Crippen LogP contribution in [0.25, 0.3) is 22.4 Å². The van der Waals surface area contributed by atoms with Gasteiger partial charge in [-0.2, -0.15) is 0 Å². The van der Waals surface area contributed by atoms with Gasteiger partial charge < -0.3 is 4.98 Å². The first-order valence-corrected chi connectivity index (χ1v) is 7.22. The zero-order chi connectivity index (χ0) is 15.0. The zero-order valence-electron chi connectivity index (χ0n) is 11.1. The lowest BCUT2D eigenvalue weighted by Crippen LogP contribution is -1.95. The fraction of sp³-hybridized carbons (Fsp3) is 0.143. The van der Waals surface area contributed by atoms with Gasteiger partial charge in [0, 0.05) is 29.0 Å². The Bertz CT molecular complexity index is 850. The van der Waals surface area contributed by atoms with Crippen LogP contribution in [0.1, 0.15) is 23.7 Å². The van der Waals surface area contributed by atoms with E-state index in [1.807, 2.05) is 6.92 Å². The lowest BCUT2D eigenvalue weighted by Gasteiger charge is -1.96. The molecule has 0 saturated carbocycles. The van der Waals surface area contributed by atoms with Crippen molar-refractivity contribution in [3.63, 3.8) is 0 Å². The number of fused-ring (bicyclic) bond motifs is 1. The van der Waals surface area contributed by atoms with Crippen molar-refractivity contribution in [1.29, 1.82) is 0 Å². The highest BCUT2D eigenvalue weighted by Gasteiger charge is 2.14. The van der Waals surface area contributed by atoms with Crippen molar-refractivity contribution in [2.45, 2.75) is 13.3 Å². The van der Waals surface area contributed by atoms with E-state index in [0.29, 0.717) is 23.4 Å². The molecule has 0 aliphatic rings. The second-order valence-corrected chi connectivity index (χ2v) is 5.41. The average molecular weight is 301 g/mol. The fourth-order valence-corrected chi connectivity index (χ4v) is 2.78. The van der Waals surface area contributed by atoms with Crippen molar-refractivity contribution >= 4 is 33.2 Å². The van der Waals surface area contributed by atoms with Gasteiger partial charge in [-0.05, 0) is 18.2 Å². The number of imidazole rings is 1. The van der Waals surface area contributed by atoms with Crippen LogP contribution in [0.2, 0.25) is 0 Å². The predicted octanol–water partition coefficient (Wildman–Crippen LogP) is 3.79. The van der Waals surface area contributed by atoms with Crippen LogP contribution < -0.4 is 0 Å². The standard InChI is InChI=1S/C14H11N3O3S/c1-2-12(18)8-3-4-10-11(5-8)16-14(15-10)9-6-13(17(19)20)21-7-9/h3-7H,2H2,1H3,(H,15,16). The summed E-state index contributed by atoms with van der Waals surface area (Å²) in [4.78, 5) is 29.5. The molecule has 21 heavy (non-hydrogen) atoms. The molecular formula is C14H11N3O3S. The van der Waals surface area contributed by atoms with Gasteiger partial charge in [-0.1, -0.05) is 18.3 Å². The van der Waals surface area contributed by atoms with E-state index in [0.717, 1.165) is 22.4 Å². The first-order chi connectivity index (χ1) is 10.1. The molecule has 0 fully saturated rings. The molecule has 7 heteroatoms. The summed E-state index contributed by atoms with van der Waals surface area (Å²) in [6, 6.07) is 6.77. The average Bonchev–Trinajstić information content (AvgIpc) is 3.11. The summed E-state index contributed by atoms with van der Waals surface area (Å²) < 4.78 is 0. The highest BCUT2D eigenvalue weighted by molar-refractivity contribution is 7.13. The Labute approximate surface area is 123 Å². The maximum atomic E-state index is 11.7. The number of benzene rings is 1. The molecule has 0 bridgehead atoms. The smallest absolute Gasteiger partial charge is 0.324 e. The summed E-state index contributed by atoms with van der Waals surface area (Å²) >= 11 is 1.06. The summed E-state index contributed by atoms with van der Waals surface area (Å²) in [7, 11) is 0. The van der Waals surface area contributed by atoms with Crippen LogP contribution in [0.5, 0.6) is 0 Å². The number of nitrogens with zero attached hydrogens (tertiary/aromatic N) is 2. The van der Waals surface area contributed by atoms with Crippen molar-refractivity contribution < 1.29 is 9.72 Å². The number of aromatic amines is 1. The number of nitrogens with one attached hydrogen (secondary N) is 1. The SMILES string of the molecule is CCC(=O)c1ccc2nc(-c3csc([N+](=O)[O-])c3)[nH]c2c1. The van der Waals surface area contributed by atoms with Crippen molar-refractivity contribution in [2.75, 3.05) is 0 Å². The van der Waals surface area contributed by atoms with Crippen LogP contribution in [-0.4, -0.2) is 20.7 Å². The molecule has 0 unspecified atom stereocenters. The Hall–Kier alpha value is -2.54. The Morgan fingerprint density at radius 2 is 2.24 bits per heavy atom. The van der Waals surface area contributed by atoms with Crippen molar-refractivity contribution in [2.24, 2.45) is 0 Å². The fourth-order valence-electron chi connectivity index (χ4n) is 2.07. The van der Waals surface area contributed by atoms with Gasteiger partial charge in [0.25, 0.3) is 0 Å². The Morgan fingerprint density at radius 3 is 2.90 bits per heavy atom. The topological polar surface area (TPSA) is 88.9 Å². The third kappa shape index (κ3) is 2.43. The Kier molecular flexibility index (Phi) is 3.26. The van der Waals surface area contributed by atoms with E-state index in [1.165, 1.54) is 6.07 Å². The van der Waals surface area contributed by atoms with Crippen LogP contribution in [0.3, 0.4) is 0 Å². The molecule has 1 N–H and O–H groups in total. The second-order valence-electron chi connectivity index (χ2n) is 4.52. The second kappa shape index (κ2) is 5.10. The van der Waals surface area contributed by atoms with Crippen molar-refractivity contribution in [1.82, 2.24) is 9.97 Å². The highest BCUT2D eigenvalue weighted by atomic mass is 32.1. The van der Waals surface area contributed by atoms with Crippen LogP contribution in [0, 0.1) is 10.1 Å². The van der Waals surface area contributed by atoms with E-state index in [9.17, 15) is 14.9 Å². The van der Waals surface area contributed by atoms with Gasteiger partial charge in [0.2, 0.25) is 0 Å². The molecule has 0 amide bonds. The molecule has 0 atom stereocenters. The first kappa shape index (κ1) is 13.4. The van der Waals surface area contributed by atoms with Gasteiger partial charge in [-0.15, -0.1) is 0 Å². The van der Waals surface area contributed by atoms with Gasteiger partial charge in [0.05, 0.1) is 16.0 Å². The maximum absolute atomic E-state index is 11.7. The minimum atomic E-state index is -0.422. The van der Waals surface area contributed by atoms with Crippen LogP contribution in [0.4, 0.5) is 5.00 Å². The number of Topliss-reactive ketones (excluding diaryl/α,β-unsaturated/α-hetero) is 1. The minimum Gasteiger partial charge on any atom is -0.338 e. The van der Waals surface area contributed by atoms with Crippen molar-refractivity contribution in [3.05, 3.63) is 45.3 Å². The molecule has 106 valence electrons. The summed E-state index contributed by atoms with van der Waals surface area (Å²) in [5.74, 6) is 0.634. The third-order valence-corrected chi connectivity index (χ3v) is 4.04. The number of rotatable bonds is 4. The number of nitro groups is 1.